The van der Waals surface area contributed by atoms with Gasteiger partial charge < -0.3 is 81.6 Å². The standard InChI is InChI=1S/C22H29N5.C21H25N5.C19H21N5.C19H17N5.4C9H13N.4Pt/c1-13(2)11-18-20(14(3)4)21(27-25-18)16-10-8-9-15(23-16)17-12-19(26-24-17)22(5,6)7;1-20(2,3)17-12-16(23-24-17)14-9-6-10-15(22-14)18-13-8-7-11-21(4,5)19(13)26-25-18;2*1-19(2,3)17-11-16(22-23-17)14-9-6-10-15(20-14)18-12-7-4-5-8-13(12)21-24-18;4*1-9(2,3)8-4-6-10-7-5-8;;;;/h8-10,12-14H,11H2,1-7H3;6,9-10,12H,7-8,11H2,1-5H3;6,9-11H,4-5,7-8H2,1-3H3;4-11H,1-3H3;4*4-7H,1-3H3;;;;/q4*-2;;;;;4*+2. The number of aryl methyl sites for hydroxylation is 1. The van der Waals surface area contributed by atoms with E-state index >= 15 is 0 Å². The van der Waals surface area contributed by atoms with Crippen molar-refractivity contribution in [3.05, 3.63) is 298 Å². The third-order valence-electron chi connectivity index (χ3n) is 24.6. The minimum absolute atomic E-state index is 0. The van der Waals surface area contributed by atoms with Gasteiger partial charge in [0.15, 0.2) is 0 Å². The largest absolute Gasteiger partial charge is 2.00 e. The Kier molecular flexibility index (Phi) is 42.1. The van der Waals surface area contributed by atoms with Gasteiger partial charge in [-0.15, -0.1) is 0 Å². The van der Waals surface area contributed by atoms with Crippen molar-refractivity contribution in [2.75, 3.05) is 0 Å². The molecule has 0 bridgehead atoms. The van der Waals surface area contributed by atoms with E-state index in [1.165, 1.54) is 58.2 Å². The van der Waals surface area contributed by atoms with Gasteiger partial charge >= 0.3 is 84.3 Å². The molecule has 1 aromatic carbocycles. The average molecular weight is 2670 g/mol. The number of nitrogens with zero attached hydrogens (tertiary/aromatic N) is 24. The van der Waals surface area contributed by atoms with Crippen LogP contribution >= 0.6 is 0 Å². The molecule has 0 aliphatic heterocycles. The van der Waals surface area contributed by atoms with Crippen LogP contribution < -0.4 is 40.8 Å². The minimum Gasteiger partial charge on any atom is -0.573 e. The molecule has 16 heterocycles. The molecule has 0 spiro atoms. The molecule has 2 aliphatic carbocycles. The fraction of sp³-hybridized carbons (Fsp3) is 0.419. The maximum Gasteiger partial charge on any atom is 2.00 e. The van der Waals surface area contributed by atoms with Gasteiger partial charge in [-0.2, -0.15) is 0 Å². The summed E-state index contributed by atoms with van der Waals surface area (Å²) < 4.78 is 0. The Morgan fingerprint density at radius 2 is 0.593 bits per heavy atom. The summed E-state index contributed by atoms with van der Waals surface area (Å²) in [4.78, 5) is 35.0. The molecular weight excluding hydrogens is 2520 g/mol. The van der Waals surface area contributed by atoms with Crippen molar-refractivity contribution in [1.29, 1.82) is 0 Å². The molecule has 17 aromatic rings. The smallest absolute Gasteiger partial charge is 0.573 e. The van der Waals surface area contributed by atoms with E-state index in [9.17, 15) is 0 Å². The quantitative estimate of drug-likeness (QED) is 0.116. The summed E-state index contributed by atoms with van der Waals surface area (Å²) in [6, 6.07) is 56.2. The molecule has 772 valence electrons. The number of pyridine rings is 8. The summed E-state index contributed by atoms with van der Waals surface area (Å²) in [5, 5.41) is 70.8. The Hall–Kier alpha value is -10.9. The van der Waals surface area contributed by atoms with Gasteiger partial charge in [-0.1, -0.05) is 320 Å². The van der Waals surface area contributed by atoms with E-state index in [0.29, 0.717) is 11.8 Å². The number of rotatable bonds is 11. The summed E-state index contributed by atoms with van der Waals surface area (Å²) in [7, 11) is 0. The second kappa shape index (κ2) is 51.2. The maximum absolute atomic E-state index is 4.84. The van der Waals surface area contributed by atoms with E-state index in [0.717, 1.165) is 174 Å². The molecule has 2 aliphatic rings. The summed E-state index contributed by atoms with van der Waals surface area (Å²) in [5.74, 6) is 0.891. The van der Waals surface area contributed by atoms with E-state index < -0.39 is 0 Å². The van der Waals surface area contributed by atoms with Crippen molar-refractivity contribution >= 4 is 10.9 Å². The molecule has 0 N–H and O–H groups in total. The Labute approximate surface area is 917 Å². The molecule has 0 atom stereocenters. The molecule has 24 nitrogen and oxygen atoms in total. The van der Waals surface area contributed by atoms with Gasteiger partial charge in [-0.05, 0) is 232 Å². The van der Waals surface area contributed by atoms with Gasteiger partial charge in [-0.25, -0.2) is 0 Å². The molecule has 0 saturated heterocycles. The molecule has 0 amide bonds. The first kappa shape index (κ1) is 119. The first-order chi connectivity index (χ1) is 66.4. The first-order valence-electron chi connectivity index (χ1n) is 49.4. The third kappa shape index (κ3) is 32.8. The number of hydrogen-bond donors (Lipinski definition) is 0. The predicted octanol–water partition coefficient (Wildman–Crippen LogP) is 25.1. The molecule has 0 fully saturated rings. The van der Waals surface area contributed by atoms with Crippen LogP contribution in [0.1, 0.15) is 318 Å². The van der Waals surface area contributed by atoms with Crippen LogP contribution in [0.25, 0.3) is 102 Å². The summed E-state index contributed by atoms with van der Waals surface area (Å²) in [5.41, 5.74) is 31.6. The van der Waals surface area contributed by atoms with Crippen LogP contribution in [0.15, 0.2) is 219 Å². The summed E-state index contributed by atoms with van der Waals surface area (Å²) in [6.07, 6.45) is 23.5. The van der Waals surface area contributed by atoms with Crippen molar-refractivity contribution in [2.45, 2.75) is 314 Å². The van der Waals surface area contributed by atoms with Crippen molar-refractivity contribution < 1.29 is 84.3 Å². The van der Waals surface area contributed by atoms with Crippen LogP contribution in [-0.2, 0) is 159 Å². The van der Waals surface area contributed by atoms with Gasteiger partial charge in [0.05, 0.1) is 45.6 Å². The zero-order valence-electron chi connectivity index (χ0n) is 90.1. The van der Waals surface area contributed by atoms with Gasteiger partial charge in [0, 0.05) is 122 Å². The number of hydrogen-bond acceptors (Lipinski definition) is 16. The van der Waals surface area contributed by atoms with Crippen LogP contribution in [0.5, 0.6) is 0 Å². The first-order valence-corrected chi connectivity index (χ1v) is 49.4. The van der Waals surface area contributed by atoms with Gasteiger partial charge in [0.25, 0.3) is 0 Å². The van der Waals surface area contributed by atoms with E-state index in [1.54, 1.807) is 0 Å². The normalized spacial score (nSPS) is 12.8. The average Bonchev–Trinajstić information content (AvgIpc) is 1.19. The number of aromatic nitrogens is 24. The molecule has 0 radical (unpaired) electrons. The van der Waals surface area contributed by atoms with Gasteiger partial charge in [-0.3, -0.25) is 39.9 Å². The molecule has 0 unspecified atom stereocenters. The van der Waals surface area contributed by atoms with Crippen LogP contribution in [0.4, 0.5) is 0 Å². The zero-order valence-corrected chi connectivity index (χ0v) is 99.2. The Bertz CT molecular complexity index is 6620. The monoisotopic (exact) mass is 2670 g/mol. The maximum atomic E-state index is 4.84. The number of benzene rings is 1. The topological polar surface area (TPSA) is 319 Å². The Morgan fingerprint density at radius 3 is 0.924 bits per heavy atom. The van der Waals surface area contributed by atoms with E-state index in [1.807, 2.05) is 171 Å². The van der Waals surface area contributed by atoms with Gasteiger partial charge in [0.1, 0.15) is 0 Å². The molecular formula is C117H144N24Pt4. The number of fused-ring (bicyclic) bond motifs is 3. The molecule has 19 rings (SSSR count). The van der Waals surface area contributed by atoms with Crippen molar-refractivity contribution in [3.8, 4) is 91.1 Å². The second-order valence-corrected chi connectivity index (χ2v) is 46.1. The van der Waals surface area contributed by atoms with Crippen LogP contribution in [0.3, 0.4) is 0 Å². The Balaban J connectivity index is 0.000000208. The van der Waals surface area contributed by atoms with E-state index in [2.05, 4.69) is 358 Å². The van der Waals surface area contributed by atoms with Gasteiger partial charge in [0.2, 0.25) is 0 Å². The fourth-order valence-electron chi connectivity index (χ4n) is 16.0. The minimum atomic E-state index is -0.0315. The molecule has 16 aromatic heterocycles. The SMILES string of the molecule is CC(C)(C)c1cc(-c2cccc(-c3[n-]nc4c3CCCC4(C)C)n2)[n-]n1.CC(C)(C)c1cc(-c2cccc(-c3[n-]nc4c3CCCC4)n2)[n-]n1.CC(C)(C)c1cc(-c2cccc(-c3[n-]nc4ccccc34)n2)[n-]n1.CC(C)(C)c1ccncc1.CC(C)(C)c1ccncc1.CC(C)(C)c1ccncc1.CC(C)(C)c1ccncc1.CC(C)Cc1n[n-]c(-c2cccc(-c3cc(C(C)(C)C)n[n-]3)n2)c1C(C)C.[Pt+2].[Pt+2].[Pt+2].[Pt+2]. The van der Waals surface area contributed by atoms with Crippen LogP contribution in [0.2, 0.25) is 0 Å². The third-order valence-corrected chi connectivity index (χ3v) is 24.6. The van der Waals surface area contributed by atoms with E-state index in [4.69, 9.17) is 19.9 Å². The van der Waals surface area contributed by atoms with Crippen molar-refractivity contribution in [3.63, 3.8) is 0 Å². The summed E-state index contributed by atoms with van der Waals surface area (Å²) >= 11 is 0. The zero-order chi connectivity index (χ0) is 102. The van der Waals surface area contributed by atoms with E-state index in [-0.39, 0.29) is 133 Å². The Morgan fingerprint density at radius 1 is 0.290 bits per heavy atom. The van der Waals surface area contributed by atoms with Crippen molar-refractivity contribution in [1.82, 2.24) is 121 Å². The molecule has 0 saturated carbocycles. The summed E-state index contributed by atoms with van der Waals surface area (Å²) in [6.45, 7) is 65.2. The predicted molar refractivity (Wildman–Crippen MR) is 569 cm³/mol. The van der Waals surface area contributed by atoms with Crippen LogP contribution in [0, 0.1) is 5.92 Å². The van der Waals surface area contributed by atoms with Crippen LogP contribution in [-0.4, -0.2) is 80.7 Å². The van der Waals surface area contributed by atoms with Crippen molar-refractivity contribution in [2.24, 2.45) is 5.92 Å². The fourth-order valence-corrected chi connectivity index (χ4v) is 16.0. The molecule has 145 heavy (non-hydrogen) atoms. The molecule has 28 heteroatoms. The second-order valence-electron chi connectivity index (χ2n) is 46.1.